The van der Waals surface area contributed by atoms with Crippen LogP contribution in [-0.4, -0.2) is 12.5 Å². The molecule has 21 heavy (non-hydrogen) atoms. The van der Waals surface area contributed by atoms with Gasteiger partial charge in [-0.2, -0.15) is 0 Å². The van der Waals surface area contributed by atoms with Crippen LogP contribution < -0.4 is 5.32 Å². The minimum absolute atomic E-state index is 0.241. The largest absolute Gasteiger partial charge is 0.356 e. The van der Waals surface area contributed by atoms with Crippen molar-refractivity contribution >= 4 is 5.91 Å². The molecule has 0 atom stereocenters. The predicted molar refractivity (Wildman–Crippen MR) is 93.5 cm³/mol. The third-order valence-corrected chi connectivity index (χ3v) is 3.77. The molecule has 1 amide bonds. The molecule has 0 fully saturated rings. The molecule has 0 bridgehead atoms. The standard InChI is InChI=1S/C19H37NO/c1-3-5-7-8-9-10-11-12-13-14-15-17-19(21)20-18-16-6-4-2/h8-9H,3-7,10-18H2,1-2H3,(H,20,21)/b9-8-. The molecule has 0 aliphatic heterocycles. The molecule has 0 rings (SSSR count). The lowest BCUT2D eigenvalue weighted by molar-refractivity contribution is -0.121. The molecule has 0 spiro atoms. The second-order valence-corrected chi connectivity index (χ2v) is 5.98. The van der Waals surface area contributed by atoms with E-state index in [2.05, 4.69) is 31.3 Å². The maximum Gasteiger partial charge on any atom is 0.219 e. The smallest absolute Gasteiger partial charge is 0.219 e. The lowest BCUT2D eigenvalue weighted by atomic mass is 10.1. The van der Waals surface area contributed by atoms with Gasteiger partial charge in [0.05, 0.1) is 0 Å². The number of hydrogen-bond donors (Lipinski definition) is 1. The molecule has 2 heteroatoms. The number of allylic oxidation sites excluding steroid dienone is 2. The minimum Gasteiger partial charge on any atom is -0.356 e. The van der Waals surface area contributed by atoms with Crippen LogP contribution in [0.1, 0.15) is 97.3 Å². The van der Waals surface area contributed by atoms with E-state index in [0.717, 1.165) is 19.4 Å². The summed E-state index contributed by atoms with van der Waals surface area (Å²) in [6, 6.07) is 0. The molecule has 0 saturated carbocycles. The molecule has 0 aromatic carbocycles. The number of amides is 1. The van der Waals surface area contributed by atoms with Gasteiger partial charge in [0.15, 0.2) is 0 Å². The number of rotatable bonds is 15. The van der Waals surface area contributed by atoms with Gasteiger partial charge in [-0.05, 0) is 32.1 Å². The van der Waals surface area contributed by atoms with Gasteiger partial charge >= 0.3 is 0 Å². The van der Waals surface area contributed by atoms with Crippen molar-refractivity contribution in [3.05, 3.63) is 12.2 Å². The Morgan fingerprint density at radius 1 is 0.762 bits per heavy atom. The van der Waals surface area contributed by atoms with Gasteiger partial charge in [0.2, 0.25) is 5.91 Å². The van der Waals surface area contributed by atoms with Gasteiger partial charge < -0.3 is 5.32 Å². The van der Waals surface area contributed by atoms with Crippen molar-refractivity contribution in [2.75, 3.05) is 6.54 Å². The van der Waals surface area contributed by atoms with Crippen LogP contribution in [0.4, 0.5) is 0 Å². The normalized spacial score (nSPS) is 11.1. The zero-order chi connectivity index (χ0) is 15.6. The van der Waals surface area contributed by atoms with Gasteiger partial charge in [-0.3, -0.25) is 4.79 Å². The Morgan fingerprint density at radius 3 is 2.10 bits per heavy atom. The predicted octanol–water partition coefficient (Wildman–Crippen LogP) is 5.77. The van der Waals surface area contributed by atoms with Crippen LogP contribution in [0.15, 0.2) is 12.2 Å². The van der Waals surface area contributed by atoms with Gasteiger partial charge in [-0.15, -0.1) is 0 Å². The average molecular weight is 296 g/mol. The summed E-state index contributed by atoms with van der Waals surface area (Å²) in [5.41, 5.74) is 0. The summed E-state index contributed by atoms with van der Waals surface area (Å²) in [6.45, 7) is 5.28. The summed E-state index contributed by atoms with van der Waals surface area (Å²) in [4.78, 5) is 11.5. The molecule has 0 saturated heterocycles. The maximum atomic E-state index is 11.5. The van der Waals surface area contributed by atoms with E-state index in [4.69, 9.17) is 0 Å². The fourth-order valence-electron chi connectivity index (χ4n) is 2.33. The molecule has 124 valence electrons. The third kappa shape index (κ3) is 17.2. The number of nitrogens with one attached hydrogen (secondary N) is 1. The highest BCUT2D eigenvalue weighted by molar-refractivity contribution is 5.75. The molecule has 0 heterocycles. The summed E-state index contributed by atoms with van der Waals surface area (Å²) in [7, 11) is 0. The minimum atomic E-state index is 0.241. The van der Waals surface area contributed by atoms with Gasteiger partial charge in [-0.25, -0.2) is 0 Å². The van der Waals surface area contributed by atoms with Crippen molar-refractivity contribution in [3.63, 3.8) is 0 Å². The van der Waals surface area contributed by atoms with Crippen LogP contribution in [-0.2, 0) is 4.79 Å². The van der Waals surface area contributed by atoms with Crippen molar-refractivity contribution in [2.24, 2.45) is 0 Å². The Morgan fingerprint density at radius 2 is 1.38 bits per heavy atom. The van der Waals surface area contributed by atoms with Crippen molar-refractivity contribution in [1.82, 2.24) is 5.32 Å². The molecule has 0 unspecified atom stereocenters. The van der Waals surface area contributed by atoms with Crippen LogP contribution in [0.5, 0.6) is 0 Å². The number of carbonyl (C=O) groups excluding carboxylic acids is 1. The third-order valence-electron chi connectivity index (χ3n) is 3.77. The van der Waals surface area contributed by atoms with Gasteiger partial charge in [0, 0.05) is 13.0 Å². The Hall–Kier alpha value is -0.790. The highest BCUT2D eigenvalue weighted by Gasteiger charge is 1.99. The summed E-state index contributed by atoms with van der Waals surface area (Å²) in [6.07, 6.45) is 20.1. The summed E-state index contributed by atoms with van der Waals surface area (Å²) < 4.78 is 0. The SMILES string of the molecule is CCCC/C=C\CCCCCCCC(=O)NCCCCC. The quantitative estimate of drug-likeness (QED) is 0.301. The second kappa shape index (κ2) is 17.3. The van der Waals surface area contributed by atoms with Gasteiger partial charge in [0.25, 0.3) is 0 Å². The van der Waals surface area contributed by atoms with Crippen molar-refractivity contribution in [1.29, 1.82) is 0 Å². The first-order valence-electron chi connectivity index (χ1n) is 9.23. The highest BCUT2D eigenvalue weighted by atomic mass is 16.1. The Labute approximate surface area is 132 Å². The summed E-state index contributed by atoms with van der Waals surface area (Å²) in [5, 5.41) is 3.00. The van der Waals surface area contributed by atoms with E-state index >= 15 is 0 Å². The van der Waals surface area contributed by atoms with Crippen LogP contribution in [0.3, 0.4) is 0 Å². The van der Waals surface area contributed by atoms with E-state index in [0.29, 0.717) is 6.42 Å². The van der Waals surface area contributed by atoms with Gasteiger partial charge in [0.1, 0.15) is 0 Å². The Bertz CT molecular complexity index is 248. The molecule has 0 aromatic rings. The molecular formula is C19H37NO. The molecule has 2 nitrogen and oxygen atoms in total. The molecule has 0 aliphatic rings. The number of carbonyl (C=O) groups is 1. The van der Waals surface area contributed by atoms with Crippen LogP contribution >= 0.6 is 0 Å². The molecular weight excluding hydrogens is 258 g/mol. The monoisotopic (exact) mass is 295 g/mol. The van der Waals surface area contributed by atoms with E-state index < -0.39 is 0 Å². The summed E-state index contributed by atoms with van der Waals surface area (Å²) >= 11 is 0. The first-order chi connectivity index (χ1) is 10.3. The van der Waals surface area contributed by atoms with Crippen molar-refractivity contribution in [3.8, 4) is 0 Å². The van der Waals surface area contributed by atoms with E-state index in [1.165, 1.54) is 64.2 Å². The molecule has 0 radical (unpaired) electrons. The van der Waals surface area contributed by atoms with E-state index in [1.54, 1.807) is 0 Å². The van der Waals surface area contributed by atoms with Crippen LogP contribution in [0.25, 0.3) is 0 Å². The molecule has 1 N–H and O–H groups in total. The fourth-order valence-corrected chi connectivity index (χ4v) is 2.33. The molecule has 0 aromatic heterocycles. The van der Waals surface area contributed by atoms with E-state index in [1.807, 2.05) is 0 Å². The highest BCUT2D eigenvalue weighted by Crippen LogP contribution is 2.08. The van der Waals surface area contributed by atoms with Crippen LogP contribution in [0.2, 0.25) is 0 Å². The topological polar surface area (TPSA) is 29.1 Å². The number of hydrogen-bond acceptors (Lipinski definition) is 1. The second-order valence-electron chi connectivity index (χ2n) is 5.98. The average Bonchev–Trinajstić information content (AvgIpc) is 2.49. The zero-order valence-corrected chi connectivity index (χ0v) is 14.5. The van der Waals surface area contributed by atoms with E-state index in [9.17, 15) is 4.79 Å². The van der Waals surface area contributed by atoms with Gasteiger partial charge in [-0.1, -0.05) is 70.9 Å². The Kier molecular flexibility index (Phi) is 16.6. The van der Waals surface area contributed by atoms with Crippen LogP contribution in [0, 0.1) is 0 Å². The maximum absolute atomic E-state index is 11.5. The lowest BCUT2D eigenvalue weighted by Crippen LogP contribution is -2.23. The van der Waals surface area contributed by atoms with E-state index in [-0.39, 0.29) is 5.91 Å². The van der Waals surface area contributed by atoms with Crippen molar-refractivity contribution < 1.29 is 4.79 Å². The lowest BCUT2D eigenvalue weighted by Gasteiger charge is -2.04. The molecule has 0 aliphatic carbocycles. The first kappa shape index (κ1) is 20.2. The fraction of sp³-hybridized carbons (Fsp3) is 0.842. The summed E-state index contributed by atoms with van der Waals surface area (Å²) in [5.74, 6) is 0.241. The van der Waals surface area contributed by atoms with Crippen molar-refractivity contribution in [2.45, 2.75) is 97.3 Å². The number of unbranched alkanes of at least 4 members (excludes halogenated alkanes) is 9. The zero-order valence-electron chi connectivity index (χ0n) is 14.5. The first-order valence-corrected chi connectivity index (χ1v) is 9.23. The Balaban J connectivity index is 3.17.